The van der Waals surface area contributed by atoms with Crippen LogP contribution < -0.4 is 0 Å². The maximum atomic E-state index is 7.57. The van der Waals surface area contributed by atoms with Crippen molar-refractivity contribution in [2.24, 2.45) is 0 Å². The molecule has 0 radical (unpaired) electrons. The van der Waals surface area contributed by atoms with Crippen LogP contribution >= 0.6 is 0 Å². The van der Waals surface area contributed by atoms with Crippen molar-refractivity contribution in [2.45, 2.75) is 0 Å². The summed E-state index contributed by atoms with van der Waals surface area (Å²) in [5, 5.41) is 22.7. The number of nitrogens with zero attached hydrogens (tertiary/aromatic N) is 1. The molecular weight excluding hydrogens is 74.0 g/mol. The second-order valence-corrected chi connectivity index (χ2v) is 0.868. The smallest absolute Gasteiger partial charge is 0.146 e. The van der Waals surface area contributed by atoms with E-state index >= 15 is 0 Å². The van der Waals surface area contributed by atoms with Crippen molar-refractivity contribution in [3.63, 3.8) is 0 Å². The first-order valence-corrected chi connectivity index (χ1v) is 1.05. The number of hydrogen-bond donors (Lipinski definition) is 3. The van der Waals surface area contributed by atoms with Gasteiger partial charge in [0.05, 0.1) is 4.97 Å². The average molecular weight is 80.1 g/mol. The van der Waals surface area contributed by atoms with Crippen LogP contribution in [0.4, 0.5) is 0 Å². The fraction of sp³-hybridized carbons (Fsp3) is 1.00. The monoisotopic (exact) mass is 80.0 g/mol. The third-order valence-corrected chi connectivity index (χ3v) is 0. The molecule has 0 aliphatic heterocycles. The Hall–Kier alpha value is -0.160. The summed E-state index contributed by atoms with van der Waals surface area (Å²) in [6.45, 7) is 0. The van der Waals surface area contributed by atoms with Gasteiger partial charge < -0.3 is 0 Å². The Bertz CT molecular complexity index is 22.4. The number of quaternary nitrogens is 1. The van der Waals surface area contributed by atoms with Crippen LogP contribution in [0.25, 0.3) is 0 Å². The predicted molar refractivity (Wildman–Crippen MR) is 11.5 cm³/mol. The standard InChI is InChI=1S/CH6NO3/c1-2(3,4)5/h3-5H,1H3/q+1. The fourth-order valence-electron chi connectivity index (χ4n) is 0. The van der Waals surface area contributed by atoms with Gasteiger partial charge in [0.2, 0.25) is 0 Å². The first-order chi connectivity index (χ1) is 2.00. The van der Waals surface area contributed by atoms with Gasteiger partial charge in [-0.2, -0.15) is 0 Å². The van der Waals surface area contributed by atoms with Crippen molar-refractivity contribution in [1.82, 2.24) is 0 Å². The van der Waals surface area contributed by atoms with E-state index in [1.807, 2.05) is 0 Å². The molecule has 0 aliphatic rings. The van der Waals surface area contributed by atoms with Crippen LogP contribution in [-0.2, 0) is 0 Å². The first-order valence-electron chi connectivity index (χ1n) is 1.05. The Labute approximate surface area is 29.0 Å². The summed E-state index contributed by atoms with van der Waals surface area (Å²) < 4.78 is 0. The molecule has 0 unspecified atom stereocenters. The fourth-order valence-corrected chi connectivity index (χ4v) is 0. The molecule has 0 rings (SSSR count). The molecule has 0 heterocycles. The molecule has 0 saturated heterocycles. The van der Waals surface area contributed by atoms with Gasteiger partial charge in [0.25, 0.3) is 0 Å². The lowest BCUT2D eigenvalue weighted by atomic mass is 11.5. The molecule has 4 heteroatoms. The summed E-state index contributed by atoms with van der Waals surface area (Å²) in [6.07, 6.45) is 0. The zero-order valence-corrected chi connectivity index (χ0v) is 2.79. The molecule has 5 heavy (non-hydrogen) atoms. The van der Waals surface area contributed by atoms with E-state index in [0.717, 1.165) is 7.05 Å². The Morgan fingerprint density at radius 2 is 1.20 bits per heavy atom. The van der Waals surface area contributed by atoms with Gasteiger partial charge in [-0.15, -0.1) is 15.6 Å². The highest BCUT2D eigenvalue weighted by Gasteiger charge is 2.02. The molecule has 0 fully saturated rings. The molecule has 0 aromatic heterocycles. The second-order valence-electron chi connectivity index (χ2n) is 0.868. The van der Waals surface area contributed by atoms with Crippen molar-refractivity contribution >= 4 is 0 Å². The molecule has 0 aromatic rings. The van der Waals surface area contributed by atoms with Gasteiger partial charge in [-0.05, 0) is 0 Å². The molecule has 0 aromatic carbocycles. The Morgan fingerprint density at radius 3 is 1.20 bits per heavy atom. The van der Waals surface area contributed by atoms with Gasteiger partial charge in [-0.3, -0.25) is 0 Å². The minimum atomic E-state index is -2.00. The Morgan fingerprint density at radius 1 is 1.20 bits per heavy atom. The summed E-state index contributed by atoms with van der Waals surface area (Å²) in [6, 6.07) is 0. The van der Waals surface area contributed by atoms with Crippen molar-refractivity contribution < 1.29 is 20.6 Å². The van der Waals surface area contributed by atoms with Gasteiger partial charge in [0, 0.05) is 0 Å². The summed E-state index contributed by atoms with van der Waals surface area (Å²) in [5.41, 5.74) is 0. The van der Waals surface area contributed by atoms with Crippen LogP contribution in [0.3, 0.4) is 0 Å². The van der Waals surface area contributed by atoms with E-state index in [4.69, 9.17) is 15.6 Å². The average Bonchev–Trinajstić information content (AvgIpc) is 0.722. The van der Waals surface area contributed by atoms with Gasteiger partial charge in [0.1, 0.15) is 0 Å². The molecule has 4 nitrogen and oxygen atoms in total. The van der Waals surface area contributed by atoms with Gasteiger partial charge in [-0.25, -0.2) is 0 Å². The molecule has 0 aliphatic carbocycles. The minimum Gasteiger partial charge on any atom is -0.146 e. The maximum absolute atomic E-state index is 7.57. The second kappa shape index (κ2) is 0.908. The molecule has 0 atom stereocenters. The molecular formula is CH6NO3+. The summed E-state index contributed by atoms with van der Waals surface area (Å²) in [5.74, 6) is 0. The van der Waals surface area contributed by atoms with Crippen molar-refractivity contribution in [2.75, 3.05) is 7.05 Å². The zero-order valence-electron chi connectivity index (χ0n) is 2.79. The summed E-state index contributed by atoms with van der Waals surface area (Å²) in [7, 11) is 0.792. The minimum absolute atomic E-state index is 0.792. The lowest BCUT2D eigenvalue weighted by Crippen LogP contribution is -2.30. The molecule has 32 valence electrons. The molecule has 0 saturated carbocycles. The van der Waals surface area contributed by atoms with Crippen LogP contribution in [0, 0.1) is 0 Å². The summed E-state index contributed by atoms with van der Waals surface area (Å²) in [4.78, 5) is -2.00. The number of rotatable bonds is 0. The van der Waals surface area contributed by atoms with Crippen LogP contribution in [0.15, 0.2) is 0 Å². The SMILES string of the molecule is C[N+](O)(O)O. The van der Waals surface area contributed by atoms with Gasteiger partial charge in [0.15, 0.2) is 7.05 Å². The highest BCUT2D eigenvalue weighted by Crippen LogP contribution is 1.70. The van der Waals surface area contributed by atoms with Crippen LogP contribution in [0.5, 0.6) is 0 Å². The first kappa shape index (κ1) is 4.84. The van der Waals surface area contributed by atoms with E-state index in [9.17, 15) is 0 Å². The van der Waals surface area contributed by atoms with Crippen molar-refractivity contribution in [3.05, 3.63) is 0 Å². The van der Waals surface area contributed by atoms with E-state index in [1.165, 1.54) is 0 Å². The molecule has 3 N–H and O–H groups in total. The van der Waals surface area contributed by atoms with Crippen molar-refractivity contribution in [1.29, 1.82) is 0 Å². The van der Waals surface area contributed by atoms with E-state index in [1.54, 1.807) is 0 Å². The van der Waals surface area contributed by atoms with Crippen LogP contribution in [-0.4, -0.2) is 27.6 Å². The highest BCUT2D eigenvalue weighted by molar-refractivity contribution is 3.30. The van der Waals surface area contributed by atoms with Crippen LogP contribution in [0.2, 0.25) is 0 Å². The van der Waals surface area contributed by atoms with Crippen LogP contribution in [0.1, 0.15) is 0 Å². The molecule has 0 amide bonds. The molecule has 0 spiro atoms. The molecule has 0 bridgehead atoms. The number of hydrogen-bond acceptors (Lipinski definition) is 3. The van der Waals surface area contributed by atoms with E-state index in [-0.39, 0.29) is 0 Å². The lowest BCUT2D eigenvalue weighted by molar-refractivity contribution is -1.36. The van der Waals surface area contributed by atoms with E-state index in [2.05, 4.69) is 0 Å². The number of hydroxylamine groups is 3. The maximum Gasteiger partial charge on any atom is 0.167 e. The largest absolute Gasteiger partial charge is 0.167 e. The summed E-state index contributed by atoms with van der Waals surface area (Å²) >= 11 is 0. The predicted octanol–water partition coefficient (Wildman–Crippen LogP) is -0.399. The van der Waals surface area contributed by atoms with Crippen molar-refractivity contribution in [3.8, 4) is 0 Å². The Balaban J connectivity index is 3.02. The Kier molecular flexibility index (Phi) is 0.879. The highest BCUT2D eigenvalue weighted by atomic mass is 17.1. The van der Waals surface area contributed by atoms with E-state index < -0.39 is 4.97 Å². The topological polar surface area (TPSA) is 60.7 Å². The third-order valence-electron chi connectivity index (χ3n) is 0. The third kappa shape index (κ3) is 508. The van der Waals surface area contributed by atoms with Gasteiger partial charge >= 0.3 is 0 Å². The quantitative estimate of drug-likeness (QED) is 0.274. The zero-order chi connectivity index (χ0) is 4.50. The van der Waals surface area contributed by atoms with Gasteiger partial charge in [-0.1, -0.05) is 0 Å². The van der Waals surface area contributed by atoms with E-state index in [0.29, 0.717) is 0 Å². The lowest BCUT2D eigenvalue weighted by Gasteiger charge is -2.00. The normalized spacial score (nSPS) is 12.0.